The molecule has 0 rings (SSSR count). The lowest BCUT2D eigenvalue weighted by Gasteiger charge is -2.25. The standard InChI is InChI=1S/C9H19O3P/c1-5-13(12,6-2)8(4)7(3)9(10)11/h7-8H,5-6H2,1-4H3,(H,10,11). The quantitative estimate of drug-likeness (QED) is 0.703. The van der Waals surface area contributed by atoms with Gasteiger partial charge in [-0.25, -0.2) is 0 Å². The Morgan fingerprint density at radius 1 is 1.31 bits per heavy atom. The number of rotatable bonds is 5. The topological polar surface area (TPSA) is 54.4 Å². The number of aliphatic carboxylic acids is 1. The molecule has 0 heterocycles. The number of carboxylic acids is 1. The van der Waals surface area contributed by atoms with Crippen LogP contribution in [0.5, 0.6) is 0 Å². The van der Waals surface area contributed by atoms with Crippen molar-refractivity contribution in [1.29, 1.82) is 0 Å². The Balaban J connectivity index is 4.65. The van der Waals surface area contributed by atoms with Crippen LogP contribution in [0, 0.1) is 5.92 Å². The second-order valence-corrected chi connectivity index (χ2v) is 7.44. The van der Waals surface area contributed by atoms with E-state index in [0.29, 0.717) is 12.3 Å². The van der Waals surface area contributed by atoms with E-state index >= 15 is 0 Å². The molecule has 0 bridgehead atoms. The maximum Gasteiger partial charge on any atom is 0.306 e. The first-order valence-electron chi connectivity index (χ1n) is 4.69. The van der Waals surface area contributed by atoms with Crippen LogP contribution in [-0.4, -0.2) is 29.1 Å². The second kappa shape index (κ2) is 4.80. The van der Waals surface area contributed by atoms with Crippen LogP contribution in [0.4, 0.5) is 0 Å². The fourth-order valence-corrected chi connectivity index (χ4v) is 3.96. The molecule has 0 spiro atoms. The van der Waals surface area contributed by atoms with Gasteiger partial charge in [-0.1, -0.05) is 27.7 Å². The third-order valence-corrected chi connectivity index (χ3v) is 7.00. The fourth-order valence-electron chi connectivity index (χ4n) is 1.41. The molecule has 0 aromatic carbocycles. The highest BCUT2D eigenvalue weighted by Crippen LogP contribution is 2.52. The predicted molar refractivity (Wildman–Crippen MR) is 55.0 cm³/mol. The molecule has 2 unspecified atom stereocenters. The van der Waals surface area contributed by atoms with E-state index in [2.05, 4.69) is 0 Å². The smallest absolute Gasteiger partial charge is 0.306 e. The largest absolute Gasteiger partial charge is 0.481 e. The number of hydrogen-bond acceptors (Lipinski definition) is 2. The van der Waals surface area contributed by atoms with E-state index in [1.165, 1.54) is 0 Å². The van der Waals surface area contributed by atoms with Gasteiger partial charge in [0.2, 0.25) is 0 Å². The molecular weight excluding hydrogens is 187 g/mol. The molecule has 0 fully saturated rings. The number of hydrogen-bond donors (Lipinski definition) is 1. The summed E-state index contributed by atoms with van der Waals surface area (Å²) in [6, 6.07) is 0. The minimum atomic E-state index is -2.26. The zero-order chi connectivity index (χ0) is 10.6. The van der Waals surface area contributed by atoms with Gasteiger partial charge in [0.15, 0.2) is 0 Å². The molecule has 0 amide bonds. The zero-order valence-electron chi connectivity index (χ0n) is 8.78. The highest BCUT2D eigenvalue weighted by atomic mass is 31.2. The molecule has 78 valence electrons. The zero-order valence-corrected chi connectivity index (χ0v) is 9.67. The van der Waals surface area contributed by atoms with Crippen molar-refractivity contribution < 1.29 is 14.5 Å². The first-order chi connectivity index (χ1) is 5.89. The SMILES string of the molecule is CCP(=O)(CC)C(C)C(C)C(=O)O. The maximum absolute atomic E-state index is 12.1. The Hall–Kier alpha value is -0.300. The molecule has 0 radical (unpaired) electrons. The molecular formula is C9H19O3P. The van der Waals surface area contributed by atoms with Crippen LogP contribution in [0.2, 0.25) is 0 Å². The summed E-state index contributed by atoms with van der Waals surface area (Å²) >= 11 is 0. The molecule has 0 saturated heterocycles. The third-order valence-electron chi connectivity index (χ3n) is 2.93. The Kier molecular flexibility index (Phi) is 4.69. The highest BCUT2D eigenvalue weighted by molar-refractivity contribution is 7.64. The van der Waals surface area contributed by atoms with E-state index in [4.69, 9.17) is 5.11 Å². The normalized spacial score (nSPS) is 16.6. The summed E-state index contributed by atoms with van der Waals surface area (Å²) in [7, 11) is -2.26. The molecule has 2 atom stereocenters. The summed E-state index contributed by atoms with van der Waals surface area (Å²) in [6.45, 7) is 7.15. The number of carboxylic acid groups (broad SMARTS) is 1. The van der Waals surface area contributed by atoms with Crippen molar-refractivity contribution in [1.82, 2.24) is 0 Å². The van der Waals surface area contributed by atoms with Crippen LogP contribution in [0.3, 0.4) is 0 Å². The van der Waals surface area contributed by atoms with Crippen molar-refractivity contribution in [2.45, 2.75) is 33.4 Å². The van der Waals surface area contributed by atoms with E-state index in [1.54, 1.807) is 13.8 Å². The molecule has 3 nitrogen and oxygen atoms in total. The predicted octanol–water partition coefficient (Wildman–Crippen LogP) is 2.50. The highest BCUT2D eigenvalue weighted by Gasteiger charge is 2.33. The number of carbonyl (C=O) groups is 1. The Morgan fingerprint density at radius 3 is 1.92 bits per heavy atom. The van der Waals surface area contributed by atoms with E-state index in [0.717, 1.165) is 0 Å². The molecule has 0 aromatic heterocycles. The minimum Gasteiger partial charge on any atom is -0.481 e. The molecule has 0 aromatic rings. The van der Waals surface area contributed by atoms with Gasteiger partial charge in [0.1, 0.15) is 0 Å². The van der Waals surface area contributed by atoms with Crippen molar-refractivity contribution in [2.24, 2.45) is 5.92 Å². The molecule has 1 N–H and O–H groups in total. The average molecular weight is 206 g/mol. The van der Waals surface area contributed by atoms with E-state index in [9.17, 15) is 9.36 Å². The molecule has 13 heavy (non-hydrogen) atoms. The van der Waals surface area contributed by atoms with Gasteiger partial charge in [-0.15, -0.1) is 0 Å². The lowest BCUT2D eigenvalue weighted by Crippen LogP contribution is -2.24. The first kappa shape index (κ1) is 12.7. The minimum absolute atomic E-state index is 0.208. The summed E-state index contributed by atoms with van der Waals surface area (Å²) in [4.78, 5) is 10.7. The summed E-state index contributed by atoms with van der Waals surface area (Å²) in [5.41, 5.74) is -0.208. The average Bonchev–Trinajstić information content (AvgIpc) is 2.14. The van der Waals surface area contributed by atoms with Crippen molar-refractivity contribution in [3.05, 3.63) is 0 Å². The van der Waals surface area contributed by atoms with Gasteiger partial charge in [-0.3, -0.25) is 4.79 Å². The summed E-state index contributed by atoms with van der Waals surface area (Å²) in [5.74, 6) is -1.36. The van der Waals surface area contributed by atoms with Crippen LogP contribution in [0.25, 0.3) is 0 Å². The molecule has 0 aliphatic rings. The van der Waals surface area contributed by atoms with Gasteiger partial charge in [0, 0.05) is 5.66 Å². The fraction of sp³-hybridized carbons (Fsp3) is 0.889. The van der Waals surface area contributed by atoms with Gasteiger partial charge in [-0.2, -0.15) is 0 Å². The maximum atomic E-state index is 12.1. The van der Waals surface area contributed by atoms with Crippen LogP contribution in [0.1, 0.15) is 27.7 Å². The summed E-state index contributed by atoms with van der Waals surface area (Å²) < 4.78 is 12.1. The molecule has 0 aliphatic carbocycles. The molecule has 0 aliphatic heterocycles. The van der Waals surface area contributed by atoms with Gasteiger partial charge in [0.25, 0.3) is 0 Å². The van der Waals surface area contributed by atoms with Crippen molar-refractivity contribution in [3.8, 4) is 0 Å². The van der Waals surface area contributed by atoms with E-state index in [-0.39, 0.29) is 5.66 Å². The summed E-state index contributed by atoms with van der Waals surface area (Å²) in [5, 5.41) is 8.79. The molecule has 4 heteroatoms. The lowest BCUT2D eigenvalue weighted by molar-refractivity contribution is -0.141. The monoisotopic (exact) mass is 206 g/mol. The van der Waals surface area contributed by atoms with Crippen molar-refractivity contribution in [3.63, 3.8) is 0 Å². The second-order valence-electron chi connectivity index (χ2n) is 3.45. The van der Waals surface area contributed by atoms with E-state index < -0.39 is 19.0 Å². The first-order valence-corrected chi connectivity index (χ1v) is 6.84. The van der Waals surface area contributed by atoms with Crippen LogP contribution < -0.4 is 0 Å². The van der Waals surface area contributed by atoms with Crippen molar-refractivity contribution >= 4 is 13.1 Å². The van der Waals surface area contributed by atoms with Crippen LogP contribution >= 0.6 is 7.14 Å². The molecule has 0 saturated carbocycles. The van der Waals surface area contributed by atoms with Crippen LogP contribution in [0.15, 0.2) is 0 Å². The van der Waals surface area contributed by atoms with Gasteiger partial charge in [0.05, 0.1) is 13.1 Å². The van der Waals surface area contributed by atoms with Crippen LogP contribution in [-0.2, 0) is 9.36 Å². The van der Waals surface area contributed by atoms with Crippen molar-refractivity contribution in [2.75, 3.05) is 12.3 Å². The Labute approximate surface area is 79.9 Å². The van der Waals surface area contributed by atoms with Gasteiger partial charge < -0.3 is 9.67 Å². The lowest BCUT2D eigenvalue weighted by atomic mass is 10.1. The Bertz CT molecular complexity index is 217. The summed E-state index contributed by atoms with van der Waals surface area (Å²) in [6.07, 6.45) is 1.20. The van der Waals surface area contributed by atoms with Gasteiger partial charge in [-0.05, 0) is 12.3 Å². The Morgan fingerprint density at radius 2 is 1.69 bits per heavy atom. The van der Waals surface area contributed by atoms with E-state index in [1.807, 2.05) is 13.8 Å². The van der Waals surface area contributed by atoms with Gasteiger partial charge >= 0.3 is 5.97 Å². The third kappa shape index (κ3) is 2.84.